The van der Waals surface area contributed by atoms with E-state index in [9.17, 15) is 4.39 Å². The normalized spacial score (nSPS) is 15.0. The Kier molecular flexibility index (Phi) is 3.76. The van der Waals surface area contributed by atoms with Crippen LogP contribution < -0.4 is 11.3 Å². The van der Waals surface area contributed by atoms with E-state index in [1.54, 1.807) is 6.07 Å². The highest BCUT2D eigenvalue weighted by Gasteiger charge is 2.21. The third-order valence-electron chi connectivity index (χ3n) is 4.01. The van der Waals surface area contributed by atoms with Crippen LogP contribution in [0.2, 0.25) is 0 Å². The van der Waals surface area contributed by atoms with Crippen LogP contribution in [0.1, 0.15) is 39.4 Å². The second-order valence-electron chi connectivity index (χ2n) is 5.60. The van der Waals surface area contributed by atoms with Gasteiger partial charge in [-0.05, 0) is 47.7 Å². The van der Waals surface area contributed by atoms with Crippen molar-refractivity contribution in [3.05, 3.63) is 69.5 Å². The fourth-order valence-corrected chi connectivity index (χ4v) is 3.01. The molecule has 0 aliphatic carbocycles. The summed E-state index contributed by atoms with van der Waals surface area (Å²) in [6.45, 7) is 5.05. The number of rotatable bonds is 3. The molecule has 0 fully saturated rings. The number of aryl methyl sites for hydroxylation is 2. The van der Waals surface area contributed by atoms with E-state index in [0.29, 0.717) is 18.8 Å². The van der Waals surface area contributed by atoms with Gasteiger partial charge in [-0.1, -0.05) is 24.3 Å². The quantitative estimate of drug-likeness (QED) is 0.673. The van der Waals surface area contributed by atoms with Crippen LogP contribution in [0, 0.1) is 19.7 Å². The SMILES string of the molecule is Cc1cc(C)c(C(NN)c2ccc3c(c2)COC3)c(F)c1. The monoisotopic (exact) mass is 286 g/mol. The Balaban J connectivity index is 2.07. The lowest BCUT2D eigenvalue weighted by Gasteiger charge is -2.21. The summed E-state index contributed by atoms with van der Waals surface area (Å²) in [5, 5.41) is 0. The minimum Gasteiger partial charge on any atom is -0.372 e. The molecular formula is C17H19FN2O. The molecule has 0 saturated heterocycles. The first-order valence-electron chi connectivity index (χ1n) is 7.02. The zero-order valence-electron chi connectivity index (χ0n) is 12.2. The summed E-state index contributed by atoms with van der Waals surface area (Å²) in [7, 11) is 0. The number of hydrogen-bond acceptors (Lipinski definition) is 3. The van der Waals surface area contributed by atoms with E-state index in [0.717, 1.165) is 22.3 Å². The lowest BCUT2D eigenvalue weighted by Crippen LogP contribution is -2.30. The molecule has 1 atom stereocenters. The molecule has 0 aromatic heterocycles. The van der Waals surface area contributed by atoms with Crippen LogP contribution in [-0.4, -0.2) is 0 Å². The topological polar surface area (TPSA) is 47.3 Å². The van der Waals surface area contributed by atoms with E-state index in [2.05, 4.69) is 5.43 Å². The number of fused-ring (bicyclic) bond motifs is 1. The average molecular weight is 286 g/mol. The molecule has 21 heavy (non-hydrogen) atoms. The minimum atomic E-state index is -0.364. The maximum Gasteiger partial charge on any atom is 0.128 e. The van der Waals surface area contributed by atoms with Gasteiger partial charge in [-0.2, -0.15) is 0 Å². The molecule has 1 heterocycles. The van der Waals surface area contributed by atoms with Gasteiger partial charge in [-0.3, -0.25) is 5.84 Å². The van der Waals surface area contributed by atoms with Gasteiger partial charge in [0.1, 0.15) is 5.82 Å². The molecular weight excluding hydrogens is 267 g/mol. The largest absolute Gasteiger partial charge is 0.372 e. The zero-order chi connectivity index (χ0) is 15.0. The standard InChI is InChI=1S/C17H19FN2O/c1-10-5-11(2)16(15(18)6-10)17(20-19)12-3-4-13-8-21-9-14(13)7-12/h3-7,17,20H,8-9,19H2,1-2H3. The molecule has 1 aliphatic rings. The number of ether oxygens (including phenoxy) is 1. The predicted octanol–water partition coefficient (Wildman–Crippen LogP) is 3.03. The van der Waals surface area contributed by atoms with Gasteiger partial charge in [0.15, 0.2) is 0 Å². The first-order valence-corrected chi connectivity index (χ1v) is 7.02. The summed E-state index contributed by atoms with van der Waals surface area (Å²) in [6, 6.07) is 9.21. The number of halogens is 1. The Bertz CT molecular complexity index is 661. The molecule has 2 aromatic rings. The minimum absolute atomic E-state index is 0.229. The Morgan fingerprint density at radius 3 is 2.62 bits per heavy atom. The van der Waals surface area contributed by atoms with Crippen molar-refractivity contribution in [2.45, 2.75) is 33.1 Å². The lowest BCUT2D eigenvalue weighted by molar-refractivity contribution is 0.134. The van der Waals surface area contributed by atoms with Crippen molar-refractivity contribution >= 4 is 0 Å². The maximum absolute atomic E-state index is 14.4. The summed E-state index contributed by atoms with van der Waals surface area (Å²) in [6.07, 6.45) is 0. The fourth-order valence-electron chi connectivity index (χ4n) is 3.01. The molecule has 1 aliphatic heterocycles. The van der Waals surface area contributed by atoms with Gasteiger partial charge in [0.2, 0.25) is 0 Å². The van der Waals surface area contributed by atoms with Crippen molar-refractivity contribution in [3.63, 3.8) is 0 Å². The van der Waals surface area contributed by atoms with Gasteiger partial charge < -0.3 is 4.74 Å². The summed E-state index contributed by atoms with van der Waals surface area (Å²) < 4.78 is 19.8. The van der Waals surface area contributed by atoms with Gasteiger partial charge in [0.25, 0.3) is 0 Å². The molecule has 3 nitrogen and oxygen atoms in total. The molecule has 1 unspecified atom stereocenters. The Morgan fingerprint density at radius 1 is 1.14 bits per heavy atom. The molecule has 3 N–H and O–H groups in total. The molecule has 3 rings (SSSR count). The summed E-state index contributed by atoms with van der Waals surface area (Å²) in [5.74, 6) is 5.48. The molecule has 0 spiro atoms. The number of benzene rings is 2. The average Bonchev–Trinajstić information content (AvgIpc) is 2.89. The molecule has 0 bridgehead atoms. The Labute approximate surface area is 123 Å². The van der Waals surface area contributed by atoms with Gasteiger partial charge >= 0.3 is 0 Å². The smallest absolute Gasteiger partial charge is 0.128 e. The second-order valence-corrected chi connectivity index (χ2v) is 5.60. The van der Waals surface area contributed by atoms with E-state index in [-0.39, 0.29) is 11.9 Å². The number of nitrogens with one attached hydrogen (secondary N) is 1. The zero-order valence-corrected chi connectivity index (χ0v) is 12.2. The molecule has 0 radical (unpaired) electrons. The van der Waals surface area contributed by atoms with Crippen LogP contribution in [-0.2, 0) is 18.0 Å². The van der Waals surface area contributed by atoms with Crippen molar-refractivity contribution in [1.82, 2.24) is 5.43 Å². The number of hydrazine groups is 1. The van der Waals surface area contributed by atoms with Gasteiger partial charge in [0, 0.05) is 5.56 Å². The molecule has 2 aromatic carbocycles. The van der Waals surface area contributed by atoms with Crippen molar-refractivity contribution in [2.75, 3.05) is 0 Å². The highest BCUT2D eigenvalue weighted by Crippen LogP contribution is 2.30. The highest BCUT2D eigenvalue weighted by atomic mass is 19.1. The van der Waals surface area contributed by atoms with Crippen LogP contribution in [0.15, 0.2) is 30.3 Å². The van der Waals surface area contributed by atoms with Crippen molar-refractivity contribution in [1.29, 1.82) is 0 Å². The Morgan fingerprint density at radius 2 is 1.90 bits per heavy atom. The summed E-state index contributed by atoms with van der Waals surface area (Å²) in [4.78, 5) is 0. The number of nitrogens with two attached hydrogens (primary N) is 1. The number of hydrogen-bond donors (Lipinski definition) is 2. The van der Waals surface area contributed by atoms with E-state index >= 15 is 0 Å². The summed E-state index contributed by atoms with van der Waals surface area (Å²) in [5.41, 5.74) is 8.44. The maximum atomic E-state index is 14.4. The Hall–Kier alpha value is -1.75. The van der Waals surface area contributed by atoms with Crippen LogP contribution in [0.4, 0.5) is 4.39 Å². The molecule has 4 heteroatoms. The first kappa shape index (κ1) is 14.2. The van der Waals surface area contributed by atoms with E-state index in [4.69, 9.17) is 10.6 Å². The van der Waals surface area contributed by atoms with Gasteiger partial charge in [-0.25, -0.2) is 9.82 Å². The van der Waals surface area contributed by atoms with E-state index < -0.39 is 0 Å². The highest BCUT2D eigenvalue weighted by molar-refractivity contribution is 5.43. The molecule has 110 valence electrons. The lowest BCUT2D eigenvalue weighted by atomic mass is 9.92. The summed E-state index contributed by atoms with van der Waals surface area (Å²) >= 11 is 0. The van der Waals surface area contributed by atoms with Crippen LogP contribution in [0.3, 0.4) is 0 Å². The van der Waals surface area contributed by atoms with Crippen LogP contribution in [0.5, 0.6) is 0 Å². The fraction of sp³-hybridized carbons (Fsp3) is 0.294. The van der Waals surface area contributed by atoms with E-state index in [1.807, 2.05) is 38.1 Å². The van der Waals surface area contributed by atoms with E-state index in [1.165, 1.54) is 5.56 Å². The van der Waals surface area contributed by atoms with Gasteiger partial charge in [0.05, 0.1) is 19.3 Å². The molecule has 0 amide bonds. The van der Waals surface area contributed by atoms with Crippen molar-refractivity contribution < 1.29 is 9.13 Å². The third kappa shape index (κ3) is 2.58. The second kappa shape index (κ2) is 5.56. The van der Waals surface area contributed by atoms with Gasteiger partial charge in [-0.15, -0.1) is 0 Å². The third-order valence-corrected chi connectivity index (χ3v) is 4.01. The van der Waals surface area contributed by atoms with Crippen molar-refractivity contribution in [3.8, 4) is 0 Å². The predicted molar refractivity (Wildman–Crippen MR) is 80.0 cm³/mol. The van der Waals surface area contributed by atoms with Crippen LogP contribution in [0.25, 0.3) is 0 Å². The molecule has 0 saturated carbocycles. The first-order chi connectivity index (χ1) is 10.1. The van der Waals surface area contributed by atoms with Crippen LogP contribution >= 0.6 is 0 Å². The van der Waals surface area contributed by atoms with Crippen molar-refractivity contribution in [2.24, 2.45) is 5.84 Å².